The van der Waals surface area contributed by atoms with E-state index < -0.39 is 13.2 Å². The molecule has 1 aromatic heterocycles. The molecular weight excluding hydrogens is 240 g/mol. The number of anilines is 1. The lowest BCUT2D eigenvalue weighted by Crippen LogP contribution is -2.02. The van der Waals surface area contributed by atoms with Crippen molar-refractivity contribution in [1.29, 1.82) is 0 Å². The first kappa shape index (κ1) is 11.6. The maximum Gasteiger partial charge on any atom is 0.387 e. The van der Waals surface area contributed by atoms with Crippen LogP contribution in [0.1, 0.15) is 6.55 Å². The molecule has 0 bridgehead atoms. The van der Waals surface area contributed by atoms with Gasteiger partial charge in [-0.3, -0.25) is 4.57 Å². The number of halogens is 4. The second-order valence-corrected chi connectivity index (χ2v) is 3.33. The maximum absolute atomic E-state index is 12.6. The number of nitrogens with two attached hydrogens (primary N) is 1. The van der Waals surface area contributed by atoms with Gasteiger partial charge in [-0.25, -0.2) is 0 Å². The normalized spacial score (nSPS) is 11.6. The van der Waals surface area contributed by atoms with Crippen molar-refractivity contribution in [2.75, 3.05) is 5.73 Å². The van der Waals surface area contributed by atoms with Crippen LogP contribution in [-0.2, 0) is 0 Å². The predicted octanol–water partition coefficient (Wildman–Crippen LogP) is 3.22. The molecule has 2 aromatic rings. The first-order chi connectivity index (χ1) is 7.99. The number of fused-ring (bicyclic) bond motifs is 1. The van der Waals surface area contributed by atoms with Crippen molar-refractivity contribution in [2.45, 2.75) is 13.2 Å². The molecule has 0 aliphatic rings. The van der Waals surface area contributed by atoms with Gasteiger partial charge in [0.25, 0.3) is 0 Å². The van der Waals surface area contributed by atoms with Crippen LogP contribution in [0.4, 0.5) is 23.2 Å². The Kier molecular flexibility index (Phi) is 2.83. The summed E-state index contributed by atoms with van der Waals surface area (Å²) in [7, 11) is 0. The number of nitrogens with zero attached hydrogens (tertiary/aromatic N) is 1. The van der Waals surface area contributed by atoms with E-state index in [2.05, 4.69) is 4.74 Å². The number of rotatable bonds is 3. The minimum absolute atomic E-state index is 0.0515. The lowest BCUT2D eigenvalue weighted by Gasteiger charge is -2.06. The van der Waals surface area contributed by atoms with E-state index in [0.29, 0.717) is 9.95 Å². The van der Waals surface area contributed by atoms with Crippen LogP contribution in [0.25, 0.3) is 10.9 Å². The molecule has 0 unspecified atom stereocenters. The summed E-state index contributed by atoms with van der Waals surface area (Å²) in [6.07, 6.45) is 1.06. The van der Waals surface area contributed by atoms with Crippen molar-refractivity contribution in [2.24, 2.45) is 0 Å². The molecular formula is C10H8F4N2O. The van der Waals surface area contributed by atoms with Gasteiger partial charge in [-0.1, -0.05) is 0 Å². The topological polar surface area (TPSA) is 40.2 Å². The summed E-state index contributed by atoms with van der Waals surface area (Å²) in [5.74, 6) is -0.187. The first-order valence-corrected chi connectivity index (χ1v) is 4.62. The van der Waals surface area contributed by atoms with Gasteiger partial charge in [0.15, 0.2) is 0 Å². The van der Waals surface area contributed by atoms with Gasteiger partial charge in [-0.2, -0.15) is 17.6 Å². The van der Waals surface area contributed by atoms with Crippen LogP contribution in [0, 0.1) is 0 Å². The zero-order chi connectivity index (χ0) is 12.6. The van der Waals surface area contributed by atoms with Gasteiger partial charge in [0.2, 0.25) is 0 Å². The smallest absolute Gasteiger partial charge is 0.387 e. The third kappa shape index (κ3) is 2.13. The highest BCUT2D eigenvalue weighted by Gasteiger charge is 2.14. The van der Waals surface area contributed by atoms with Gasteiger partial charge in [0, 0.05) is 17.6 Å². The summed E-state index contributed by atoms with van der Waals surface area (Å²) < 4.78 is 53.9. The molecule has 0 saturated carbocycles. The number of hydrogen-bond acceptors (Lipinski definition) is 2. The summed E-state index contributed by atoms with van der Waals surface area (Å²) in [5, 5.41) is 0.368. The van der Waals surface area contributed by atoms with Crippen molar-refractivity contribution in [3.05, 3.63) is 24.4 Å². The van der Waals surface area contributed by atoms with Crippen LogP contribution in [-0.4, -0.2) is 11.2 Å². The molecule has 2 rings (SSSR count). The number of benzene rings is 1. The monoisotopic (exact) mass is 248 g/mol. The molecule has 1 heterocycles. The molecule has 0 atom stereocenters. The van der Waals surface area contributed by atoms with Crippen molar-refractivity contribution < 1.29 is 22.3 Å². The highest BCUT2D eigenvalue weighted by molar-refractivity contribution is 5.92. The van der Waals surface area contributed by atoms with Gasteiger partial charge < -0.3 is 10.5 Å². The number of ether oxygens (including phenoxy) is 1. The lowest BCUT2D eigenvalue weighted by atomic mass is 10.2. The van der Waals surface area contributed by atoms with Gasteiger partial charge in [-0.05, 0) is 12.1 Å². The summed E-state index contributed by atoms with van der Waals surface area (Å²) in [5.41, 5.74) is 5.73. The van der Waals surface area contributed by atoms with Gasteiger partial charge in [0.05, 0.1) is 11.2 Å². The fourth-order valence-corrected chi connectivity index (χ4v) is 1.60. The van der Waals surface area contributed by atoms with E-state index in [1.165, 1.54) is 12.1 Å². The van der Waals surface area contributed by atoms with E-state index >= 15 is 0 Å². The number of aromatic nitrogens is 1. The summed E-state index contributed by atoms with van der Waals surface area (Å²) in [6.45, 7) is -5.80. The molecule has 0 spiro atoms. The minimum Gasteiger partial charge on any atom is -0.435 e. The van der Waals surface area contributed by atoms with Crippen molar-refractivity contribution in [1.82, 2.24) is 4.57 Å². The third-order valence-electron chi connectivity index (χ3n) is 2.27. The highest BCUT2D eigenvalue weighted by Crippen LogP contribution is 2.31. The molecule has 7 heteroatoms. The Morgan fingerprint density at radius 2 is 1.88 bits per heavy atom. The molecule has 1 aromatic carbocycles. The van der Waals surface area contributed by atoms with E-state index in [9.17, 15) is 17.6 Å². The average molecular weight is 248 g/mol. The van der Waals surface area contributed by atoms with Gasteiger partial charge in [0.1, 0.15) is 5.75 Å². The van der Waals surface area contributed by atoms with E-state index in [1.54, 1.807) is 0 Å². The van der Waals surface area contributed by atoms with Crippen LogP contribution in [0.5, 0.6) is 5.75 Å². The van der Waals surface area contributed by atoms with E-state index in [-0.39, 0.29) is 17.0 Å². The second kappa shape index (κ2) is 4.15. The van der Waals surface area contributed by atoms with Crippen molar-refractivity contribution in [3.63, 3.8) is 0 Å². The van der Waals surface area contributed by atoms with Crippen LogP contribution in [0.15, 0.2) is 24.4 Å². The highest BCUT2D eigenvalue weighted by atomic mass is 19.3. The average Bonchev–Trinajstić information content (AvgIpc) is 2.55. The van der Waals surface area contributed by atoms with E-state index in [4.69, 9.17) is 5.73 Å². The first-order valence-electron chi connectivity index (χ1n) is 4.62. The molecule has 0 fully saturated rings. The zero-order valence-corrected chi connectivity index (χ0v) is 8.41. The number of hydrogen-bond donors (Lipinski definition) is 1. The van der Waals surface area contributed by atoms with Crippen LogP contribution >= 0.6 is 0 Å². The Bertz CT molecular complexity index is 538. The lowest BCUT2D eigenvalue weighted by molar-refractivity contribution is -0.0497. The summed E-state index contributed by atoms with van der Waals surface area (Å²) in [6, 6.07) is 3.71. The standard InChI is InChI=1S/C10H8F4N2O/c11-9(12)16-4-7(15)6-2-1-5(3-8(6)16)17-10(13)14/h1-4,9-10H,15H2. The maximum atomic E-state index is 12.6. The Morgan fingerprint density at radius 1 is 1.18 bits per heavy atom. The Labute approximate surface area is 93.4 Å². The molecule has 0 aliphatic carbocycles. The van der Waals surface area contributed by atoms with Crippen LogP contribution in [0.2, 0.25) is 0 Å². The molecule has 3 nitrogen and oxygen atoms in total. The minimum atomic E-state index is -3.00. The largest absolute Gasteiger partial charge is 0.435 e. The van der Waals surface area contributed by atoms with E-state index in [1.807, 2.05) is 0 Å². The summed E-state index contributed by atoms with van der Waals surface area (Å²) in [4.78, 5) is 0. The second-order valence-electron chi connectivity index (χ2n) is 3.33. The Balaban J connectivity index is 2.54. The fourth-order valence-electron chi connectivity index (χ4n) is 1.60. The Morgan fingerprint density at radius 3 is 2.47 bits per heavy atom. The van der Waals surface area contributed by atoms with Gasteiger partial charge >= 0.3 is 13.2 Å². The fraction of sp³-hybridized carbons (Fsp3) is 0.200. The zero-order valence-electron chi connectivity index (χ0n) is 8.41. The molecule has 0 radical (unpaired) electrons. The SMILES string of the molecule is Nc1cn(C(F)F)c2cc(OC(F)F)ccc12. The molecule has 92 valence electrons. The third-order valence-corrected chi connectivity index (χ3v) is 2.27. The van der Waals surface area contributed by atoms with Crippen LogP contribution in [0.3, 0.4) is 0 Å². The van der Waals surface area contributed by atoms with Crippen LogP contribution < -0.4 is 10.5 Å². The van der Waals surface area contributed by atoms with Crippen molar-refractivity contribution in [3.8, 4) is 5.75 Å². The number of alkyl halides is 4. The molecule has 0 saturated heterocycles. The molecule has 2 N–H and O–H groups in total. The molecule has 17 heavy (non-hydrogen) atoms. The summed E-state index contributed by atoms with van der Waals surface area (Å²) >= 11 is 0. The van der Waals surface area contributed by atoms with Crippen molar-refractivity contribution >= 4 is 16.6 Å². The predicted molar refractivity (Wildman–Crippen MR) is 54.2 cm³/mol. The quantitative estimate of drug-likeness (QED) is 0.847. The van der Waals surface area contributed by atoms with Gasteiger partial charge in [-0.15, -0.1) is 0 Å². The molecule has 0 aliphatic heterocycles. The Hall–Kier alpha value is -1.92. The molecule has 0 amide bonds. The number of nitrogen functional groups attached to an aromatic ring is 1. The van der Waals surface area contributed by atoms with E-state index in [0.717, 1.165) is 12.3 Å².